The summed E-state index contributed by atoms with van der Waals surface area (Å²) in [7, 11) is 0. The number of halogens is 2. The van der Waals surface area contributed by atoms with Crippen LogP contribution in [0.4, 0.5) is 14.4 Å². The zero-order chi connectivity index (χ0) is 77.8. The Morgan fingerprint density at radius 2 is 0.811 bits per heavy atom. The fourth-order valence-electron chi connectivity index (χ4n) is 13.0. The third-order valence-electron chi connectivity index (χ3n) is 19.5. The number of rotatable bonds is 22. The van der Waals surface area contributed by atoms with Gasteiger partial charge in [0.2, 0.25) is 17.7 Å². The first-order valence-corrected chi connectivity index (χ1v) is 46.5. The molecule has 0 bridgehead atoms. The second kappa shape index (κ2) is 41.3. The van der Waals surface area contributed by atoms with Gasteiger partial charge in [-0.15, -0.1) is 16.9 Å². The van der Waals surface area contributed by atoms with E-state index in [1.54, 1.807) is 0 Å². The molecule has 6 amide bonds. The van der Waals surface area contributed by atoms with E-state index in [0.29, 0.717) is 86.2 Å². The summed E-state index contributed by atoms with van der Waals surface area (Å²) in [5.74, 6) is 6.81. The summed E-state index contributed by atoms with van der Waals surface area (Å²) >= 11 is 7.13. The number of fused-ring (bicyclic) bond motifs is 3. The van der Waals surface area contributed by atoms with Crippen molar-refractivity contribution < 1.29 is 139 Å². The Morgan fingerprint density at radius 1 is 0.523 bits per heavy atom. The molecule has 3 fully saturated rings. The first-order chi connectivity index (χ1) is 50.8. The number of amides is 6. The Kier molecular flexibility index (Phi) is 34.9. The second-order valence-electron chi connectivity index (χ2n) is 27.3. The normalized spacial score (nSPS) is 20.1. The van der Waals surface area contributed by atoms with Crippen molar-refractivity contribution in [3.05, 3.63) is 173 Å². The number of phenols is 1. The maximum absolute atomic E-state index is 12.1. The van der Waals surface area contributed by atoms with Gasteiger partial charge in [0.25, 0.3) is 15.7 Å². The molecule has 6 aromatic carbocycles. The van der Waals surface area contributed by atoms with Crippen LogP contribution in [0.1, 0.15) is 123 Å². The van der Waals surface area contributed by atoms with Gasteiger partial charge in [-0.25, -0.2) is 11.5 Å². The van der Waals surface area contributed by atoms with Gasteiger partial charge in [-0.1, -0.05) is 71.7 Å². The molecule has 0 spiro atoms. The maximum Gasteiger partial charge on any atom is 0 e. The first-order valence-electron chi connectivity index (χ1n) is 34.2. The van der Waals surface area contributed by atoms with Gasteiger partial charge in [0.1, 0.15) is 88.4 Å². The van der Waals surface area contributed by atoms with E-state index in [4.69, 9.17) is 43.6 Å². The average Bonchev–Trinajstić information content (AvgIpc) is 1.16. The standard InChI is InChI=1S/C27H30NO6S2.C26H27N2O7S2.C24H27NO5S.BI2.2Re.2Rf/c1-15-16(2)24-20(17(3)23(15)33-22(29)13-35-5)10-11-27(4,34-24)14-32-19-8-6-18(7-9-19)12-21-25(30)28-26(31)36-21;1-14-15(2)23-19(16(3)22(14)34-21(29)12-36-28-32)9-10-26(4,35-23)13-33-18-7-5-17(6-8-18)11-20-24(30)27-25(31)37-20;1-13-14(2)21-18(15(3)20(13)26)9-10-24(4,30-21)12-29-17-7-5-16(6-8-17)11-19-22(27)25-23(28)31-19;1-3-2;;;;/h6-9,13,21H,10-12,14H2,1-5H3,(H,28,30,31);5-8,12,20H,9-11,13H2,1-4H3,(H,27,30,31);5-8,19,26H,9-12H2,1-4H3,(H,25,27,28);;;;;/q2*-1;;-1;;;;. The zero-order valence-electron chi connectivity index (χ0n) is 63.7. The van der Waals surface area contributed by atoms with Crippen molar-refractivity contribution in [1.82, 2.24) is 16.0 Å². The summed E-state index contributed by atoms with van der Waals surface area (Å²) in [5.41, 5.74) is 17.4. The number of nitroso groups, excluding NO2 is 1. The summed E-state index contributed by atoms with van der Waals surface area (Å²) in [4.78, 5) is 104. The predicted molar refractivity (Wildman–Crippen MR) is 424 cm³/mol. The van der Waals surface area contributed by atoms with Gasteiger partial charge in [0, 0.05) is 57.5 Å². The minimum absolute atomic E-state index is 0. The first kappa shape index (κ1) is 93.8. The van der Waals surface area contributed by atoms with E-state index in [2.05, 4.69) is 39.1 Å². The fraction of sp³-hybridized carbons (Fsp3) is 0.403. The molecule has 6 heterocycles. The summed E-state index contributed by atoms with van der Waals surface area (Å²) in [6, 6.07) is 22.7. The van der Waals surface area contributed by atoms with Crippen molar-refractivity contribution in [2.75, 3.05) is 26.1 Å². The maximum atomic E-state index is 12.1. The van der Waals surface area contributed by atoms with E-state index < -0.39 is 28.0 Å². The molecule has 588 valence electrons. The van der Waals surface area contributed by atoms with E-state index in [-0.39, 0.29) is 108 Å². The van der Waals surface area contributed by atoms with Gasteiger partial charge >= 0.3 is 41.3 Å². The molecule has 6 aliphatic heterocycles. The van der Waals surface area contributed by atoms with Gasteiger partial charge in [-0.2, -0.15) is 0 Å². The van der Waals surface area contributed by atoms with E-state index in [0.717, 1.165) is 180 Å². The quantitative estimate of drug-likeness (QED) is 0.00934. The molecule has 22 nitrogen and oxygen atoms in total. The monoisotopic (exact) mass is 2690 g/mol. The molecular weight excluding hydrogens is 2600 g/mol. The van der Waals surface area contributed by atoms with E-state index in [1.165, 1.54) is 17.5 Å². The Morgan fingerprint density at radius 3 is 1.09 bits per heavy atom. The summed E-state index contributed by atoms with van der Waals surface area (Å²) in [5, 5.41) is 15.2. The molecule has 6 aliphatic rings. The van der Waals surface area contributed by atoms with Gasteiger partial charge in [0.05, 0.1) is 15.7 Å². The molecule has 6 aromatic rings. The van der Waals surface area contributed by atoms with Crippen LogP contribution in [0.25, 0.3) is 0 Å². The number of carbonyl (C=O) groups excluding carboxylic acids is 8. The van der Waals surface area contributed by atoms with Gasteiger partial charge in [-0.3, -0.25) is 54.3 Å². The van der Waals surface area contributed by atoms with Gasteiger partial charge in [-0.05, 0) is 255 Å². The molecule has 3 saturated heterocycles. The topological polar surface area (TPSA) is 296 Å². The number of benzene rings is 6. The molecule has 6 unspecified atom stereocenters. The number of nitrogens with one attached hydrogen (secondary N) is 3. The number of aromatic hydroxyl groups is 1. The minimum atomic E-state index is -0.644. The number of hydrogen-bond donors (Lipinski definition) is 4. The zero-order valence-corrected chi connectivity index (χ0v) is 90.3. The molecule has 0 aromatic heterocycles. The largest absolute Gasteiger partial charge is 0 e. The molecule has 4 radical (unpaired) electrons. The molecule has 0 saturated carbocycles. The average molecular weight is 2680 g/mol. The Balaban J connectivity index is 0.000000288. The van der Waals surface area contributed by atoms with Crippen molar-refractivity contribution in [3.8, 4) is 51.7 Å². The Labute approximate surface area is 705 Å². The number of nitrogens with zero attached hydrogens (tertiary/aromatic N) is 1. The van der Waals surface area contributed by atoms with Crippen LogP contribution < -0.4 is 70.9 Å². The fourth-order valence-corrected chi connectivity index (χ4v) is 16.0. The molecule has 12 rings (SSSR count). The third-order valence-corrected chi connectivity index (χ3v) is 23.3. The predicted octanol–water partition coefficient (Wildman–Crippen LogP) is 12.1. The SMILES string of the molecule is CS[CH-]C(=O)Oc1c(C)c(C)c2c(c1C)CCC(C)(COc1ccc(CC3SC(=O)NC3=O)cc1)O2.Cc1c(C)c2c(c(C)c1O)CCC(C)(COc1ccc(CC3SC(=O)NC3=O)cc1)O2.Cc1c(C)c2c(c(C)c1OC(=O)[CH-]SN=O)CCC(C)(COc1ccc(CC3SC(=O)NC3=O)cc1)O2.[B][I-]I.[Re].[Re].[Rf].[Rf]. The van der Waals surface area contributed by atoms with E-state index >= 15 is 0 Å². The van der Waals surface area contributed by atoms with Crippen LogP contribution in [0.5, 0.6) is 51.7 Å². The van der Waals surface area contributed by atoms with Crippen molar-refractivity contribution in [2.45, 2.75) is 173 Å². The number of phenolic OH excluding ortho intramolecular Hbond substituents is 1. The van der Waals surface area contributed by atoms with Gasteiger partial charge < -0.3 is 54.8 Å². The van der Waals surface area contributed by atoms with Gasteiger partial charge in [0.15, 0.2) is 11.9 Å². The van der Waals surface area contributed by atoms with Crippen molar-refractivity contribution in [1.29, 1.82) is 0 Å². The molecule has 4 N–H and O–H groups in total. The molecule has 34 heteroatoms. The van der Waals surface area contributed by atoms with Crippen molar-refractivity contribution >= 4 is 129 Å². The second-order valence-corrected chi connectivity index (χ2v) is 35.8. The van der Waals surface area contributed by atoms with Crippen LogP contribution in [0.2, 0.25) is 0 Å². The van der Waals surface area contributed by atoms with Crippen molar-refractivity contribution in [2.24, 2.45) is 4.58 Å². The van der Waals surface area contributed by atoms with Crippen LogP contribution in [0.3, 0.4) is 0 Å². The van der Waals surface area contributed by atoms with Crippen LogP contribution in [0, 0.1) is 78.7 Å². The summed E-state index contributed by atoms with van der Waals surface area (Å²) in [6.07, 6.45) is 7.88. The van der Waals surface area contributed by atoms with Crippen LogP contribution in [-0.4, -0.2) is 115 Å². The van der Waals surface area contributed by atoms with E-state index in [1.807, 2.05) is 162 Å². The van der Waals surface area contributed by atoms with Crippen LogP contribution in [0.15, 0.2) is 77.4 Å². The molecule has 0 aliphatic carbocycles. The molecular formula is C77H84BI2N4O18Re2Rf2S5-3. The number of carbonyl (C=O) groups is 8. The number of esters is 2. The smallest absolute Gasteiger partial charge is 0 e. The number of thioether (sulfide) groups is 4. The Bertz CT molecular complexity index is 4430. The van der Waals surface area contributed by atoms with Crippen LogP contribution in [-0.2, 0) is 103 Å². The van der Waals surface area contributed by atoms with Crippen LogP contribution >= 0.6 is 77.6 Å². The number of hydrogen-bond acceptors (Lipinski definition) is 24. The molecule has 6 atom stereocenters. The third kappa shape index (κ3) is 23.7. The van der Waals surface area contributed by atoms with E-state index in [9.17, 15) is 48.4 Å². The molecule has 111 heavy (non-hydrogen) atoms. The summed E-state index contributed by atoms with van der Waals surface area (Å²) < 4.78 is 51.3. The number of imide groups is 3. The summed E-state index contributed by atoms with van der Waals surface area (Å²) in [6.45, 7) is 24.6. The number of ether oxygens (including phenoxy) is 8. The Hall–Kier alpha value is -7.78. The van der Waals surface area contributed by atoms with Crippen molar-refractivity contribution in [3.63, 3.8) is 0 Å². The minimum Gasteiger partial charge on any atom is 0 e.